The molecule has 0 amide bonds. The molecule has 23 heavy (non-hydrogen) atoms. The minimum absolute atomic E-state index is 0.117. The van der Waals surface area contributed by atoms with Gasteiger partial charge in [-0.15, -0.1) is 0 Å². The van der Waals surface area contributed by atoms with Crippen molar-refractivity contribution in [2.24, 2.45) is 0 Å². The number of hydrogen-bond acceptors (Lipinski definition) is 4. The summed E-state index contributed by atoms with van der Waals surface area (Å²) < 4.78 is 21.9. The van der Waals surface area contributed by atoms with Gasteiger partial charge in [0.05, 0.1) is 21.1 Å². The van der Waals surface area contributed by atoms with Crippen molar-refractivity contribution in [1.82, 2.24) is 0 Å². The van der Waals surface area contributed by atoms with Crippen LogP contribution in [0.25, 0.3) is 0 Å². The number of carbonyl (C=O) groups excluding carboxylic acids is 1. The number of carbonyl (C=O) groups is 1. The van der Waals surface area contributed by atoms with Gasteiger partial charge in [-0.3, -0.25) is 0 Å². The maximum absolute atomic E-state index is 11.7. The SMILES string of the molecule is C=CC(=O)OC(CCCCCCC)(C[N+](C)(C)C)OP(=O)(O)O. The van der Waals surface area contributed by atoms with Crippen molar-refractivity contribution in [2.75, 3.05) is 27.7 Å². The molecule has 1 unspecified atom stereocenters. The van der Waals surface area contributed by atoms with Gasteiger partial charge in [0.15, 0.2) is 0 Å². The third-order valence-electron chi connectivity index (χ3n) is 3.12. The third-order valence-corrected chi connectivity index (χ3v) is 3.69. The fraction of sp³-hybridized carbons (Fsp3) is 0.800. The molecule has 7 nitrogen and oxygen atoms in total. The Morgan fingerprint density at radius 3 is 2.22 bits per heavy atom. The van der Waals surface area contributed by atoms with Crippen LogP contribution in [0.15, 0.2) is 12.7 Å². The number of ether oxygens (including phenoxy) is 1. The van der Waals surface area contributed by atoms with Gasteiger partial charge < -0.3 is 19.0 Å². The van der Waals surface area contributed by atoms with E-state index in [1.54, 1.807) is 0 Å². The van der Waals surface area contributed by atoms with Gasteiger partial charge >= 0.3 is 13.8 Å². The molecule has 0 bridgehead atoms. The largest absolute Gasteiger partial charge is 0.473 e. The van der Waals surface area contributed by atoms with Crippen LogP contribution >= 0.6 is 7.82 Å². The maximum atomic E-state index is 11.7. The van der Waals surface area contributed by atoms with E-state index in [-0.39, 0.29) is 13.0 Å². The molecule has 8 heteroatoms. The monoisotopic (exact) mass is 352 g/mol. The summed E-state index contributed by atoms with van der Waals surface area (Å²) in [6, 6.07) is 0. The van der Waals surface area contributed by atoms with Gasteiger partial charge in [0.1, 0.15) is 6.54 Å². The minimum Gasteiger partial charge on any atom is -0.423 e. The number of phosphoric ester groups is 1. The topological polar surface area (TPSA) is 93.1 Å². The summed E-state index contributed by atoms with van der Waals surface area (Å²) in [4.78, 5) is 30.1. The fourth-order valence-electron chi connectivity index (χ4n) is 2.42. The van der Waals surface area contributed by atoms with E-state index in [0.717, 1.165) is 31.8 Å². The van der Waals surface area contributed by atoms with E-state index in [1.165, 1.54) is 0 Å². The third kappa shape index (κ3) is 11.5. The first-order chi connectivity index (χ1) is 10.4. The molecule has 0 rings (SSSR count). The van der Waals surface area contributed by atoms with Crippen molar-refractivity contribution in [3.8, 4) is 0 Å². The van der Waals surface area contributed by atoms with Crippen LogP contribution in [0.1, 0.15) is 45.4 Å². The zero-order valence-electron chi connectivity index (χ0n) is 14.7. The Balaban J connectivity index is 5.23. The van der Waals surface area contributed by atoms with Crippen LogP contribution in [0.2, 0.25) is 0 Å². The second kappa shape index (κ2) is 9.55. The highest BCUT2D eigenvalue weighted by Crippen LogP contribution is 2.44. The normalized spacial score (nSPS) is 15.0. The summed E-state index contributed by atoms with van der Waals surface area (Å²) in [5.41, 5.74) is 0. The van der Waals surface area contributed by atoms with Crippen LogP contribution in [0.3, 0.4) is 0 Å². The Morgan fingerprint density at radius 2 is 1.78 bits per heavy atom. The second-order valence-electron chi connectivity index (χ2n) is 6.73. The van der Waals surface area contributed by atoms with Crippen LogP contribution in [0, 0.1) is 0 Å². The van der Waals surface area contributed by atoms with Crippen LogP contribution in [0.4, 0.5) is 0 Å². The van der Waals surface area contributed by atoms with Gasteiger partial charge in [-0.1, -0.05) is 39.2 Å². The quantitative estimate of drug-likeness (QED) is 0.140. The molecule has 0 aliphatic rings. The molecule has 0 fully saturated rings. The standard InChI is InChI=1S/C15H30NO6P/c1-6-8-9-10-11-12-15(13-16(3,4)5,21-14(17)7-2)22-23(18,19)20/h7H,2,6,8-13H2,1,3-5H3,(H-,18,19,20)/p+1. The molecule has 0 aromatic heterocycles. The number of rotatable bonds is 12. The first kappa shape index (κ1) is 22.3. The molecule has 136 valence electrons. The average Bonchev–Trinajstić information content (AvgIpc) is 2.34. The summed E-state index contributed by atoms with van der Waals surface area (Å²) in [7, 11) is 0.667. The van der Waals surface area contributed by atoms with E-state index in [0.29, 0.717) is 10.9 Å². The molecule has 0 aliphatic carbocycles. The number of hydrogen-bond donors (Lipinski definition) is 2. The van der Waals surface area contributed by atoms with Crippen LogP contribution in [-0.4, -0.2) is 53.7 Å². The molecule has 0 aromatic carbocycles. The molecular formula is C15H31NO6P+. The van der Waals surface area contributed by atoms with Gasteiger partial charge in [-0.05, 0) is 6.42 Å². The van der Waals surface area contributed by atoms with Crippen LogP contribution in [-0.2, 0) is 18.6 Å². The summed E-state index contributed by atoms with van der Waals surface area (Å²) in [5, 5.41) is 0. The number of esters is 1. The first-order valence-corrected chi connectivity index (χ1v) is 9.38. The van der Waals surface area contributed by atoms with E-state index in [1.807, 2.05) is 21.1 Å². The zero-order valence-corrected chi connectivity index (χ0v) is 15.6. The fourth-order valence-corrected chi connectivity index (χ4v) is 3.04. The average molecular weight is 352 g/mol. The number of nitrogens with zero attached hydrogens (tertiary/aromatic N) is 1. The van der Waals surface area contributed by atoms with E-state index in [2.05, 4.69) is 13.5 Å². The molecular weight excluding hydrogens is 321 g/mol. The smallest absolute Gasteiger partial charge is 0.423 e. The van der Waals surface area contributed by atoms with Gasteiger partial charge in [0.2, 0.25) is 0 Å². The molecule has 0 heterocycles. The number of quaternary nitrogens is 1. The number of likely N-dealkylation sites (N-methyl/N-ethyl adjacent to an activating group) is 1. The van der Waals surface area contributed by atoms with Gasteiger partial charge in [0.25, 0.3) is 5.79 Å². The highest BCUT2D eigenvalue weighted by molar-refractivity contribution is 7.46. The second-order valence-corrected chi connectivity index (χ2v) is 7.89. The molecule has 0 aromatic rings. The lowest BCUT2D eigenvalue weighted by Gasteiger charge is -2.37. The Kier molecular flexibility index (Phi) is 9.25. The lowest BCUT2D eigenvalue weighted by Crippen LogP contribution is -2.52. The highest BCUT2D eigenvalue weighted by Gasteiger charge is 2.45. The van der Waals surface area contributed by atoms with E-state index in [9.17, 15) is 19.1 Å². The van der Waals surface area contributed by atoms with Crippen LogP contribution < -0.4 is 0 Å². The maximum Gasteiger partial charge on any atom is 0.473 e. The number of unbranched alkanes of at least 4 members (excludes halogenated alkanes) is 4. The summed E-state index contributed by atoms with van der Waals surface area (Å²) in [5.74, 6) is -2.44. The van der Waals surface area contributed by atoms with Gasteiger partial charge in [-0.2, -0.15) is 0 Å². The van der Waals surface area contributed by atoms with Crippen molar-refractivity contribution >= 4 is 13.8 Å². The van der Waals surface area contributed by atoms with Crippen molar-refractivity contribution in [2.45, 2.75) is 51.2 Å². The predicted molar refractivity (Wildman–Crippen MR) is 88.4 cm³/mol. The molecule has 0 saturated carbocycles. The summed E-state index contributed by atoms with van der Waals surface area (Å²) >= 11 is 0. The van der Waals surface area contributed by atoms with E-state index < -0.39 is 19.6 Å². The highest BCUT2D eigenvalue weighted by atomic mass is 31.2. The summed E-state index contributed by atoms with van der Waals surface area (Å²) in [6.45, 7) is 5.55. The summed E-state index contributed by atoms with van der Waals surface area (Å²) in [6.07, 6.45) is 5.90. The minimum atomic E-state index is -4.82. The molecule has 0 saturated heterocycles. The number of phosphoric acid groups is 1. The predicted octanol–water partition coefficient (Wildman–Crippen LogP) is 2.59. The van der Waals surface area contributed by atoms with Crippen molar-refractivity contribution < 1.29 is 32.9 Å². The molecule has 0 aliphatic heterocycles. The van der Waals surface area contributed by atoms with Crippen molar-refractivity contribution in [3.05, 3.63) is 12.7 Å². The van der Waals surface area contributed by atoms with E-state index in [4.69, 9.17) is 9.26 Å². The first-order valence-electron chi connectivity index (χ1n) is 7.85. The molecule has 0 spiro atoms. The molecule has 1 atom stereocenters. The van der Waals surface area contributed by atoms with Gasteiger partial charge in [-0.25, -0.2) is 13.9 Å². The van der Waals surface area contributed by atoms with Crippen molar-refractivity contribution in [3.63, 3.8) is 0 Å². The Bertz CT molecular complexity index is 428. The molecule has 0 radical (unpaired) electrons. The van der Waals surface area contributed by atoms with Gasteiger partial charge in [0, 0.05) is 12.5 Å². The van der Waals surface area contributed by atoms with Crippen LogP contribution in [0.5, 0.6) is 0 Å². The Morgan fingerprint density at radius 1 is 1.22 bits per heavy atom. The van der Waals surface area contributed by atoms with Crippen molar-refractivity contribution in [1.29, 1.82) is 0 Å². The molecule has 2 N–H and O–H groups in total. The zero-order chi connectivity index (χ0) is 18.1. The lowest BCUT2D eigenvalue weighted by molar-refractivity contribution is -0.880. The Hall–Kier alpha value is -0.720. The van der Waals surface area contributed by atoms with E-state index >= 15 is 0 Å². The Labute approximate surface area is 139 Å². The lowest BCUT2D eigenvalue weighted by atomic mass is 10.0.